The Hall–Kier alpha value is -2.11. The van der Waals surface area contributed by atoms with Crippen LogP contribution >= 0.6 is 11.6 Å². The van der Waals surface area contributed by atoms with Crippen molar-refractivity contribution >= 4 is 27.5 Å². The smallest absolute Gasteiger partial charge is 0.273 e. The molecule has 1 heterocycles. The van der Waals surface area contributed by atoms with Gasteiger partial charge < -0.3 is 14.7 Å². The number of ether oxygens (including phenoxy) is 1. The number of benzene rings is 1. The van der Waals surface area contributed by atoms with Gasteiger partial charge in [0.1, 0.15) is 5.69 Å². The number of carbonyl (C=O) groups is 1. The number of methoxy groups -OCH3 is 1. The number of hydrogen-bond acceptors (Lipinski definition) is 7. The first-order valence-corrected chi connectivity index (χ1v) is 11.9. The Labute approximate surface area is 194 Å². The van der Waals surface area contributed by atoms with Crippen molar-refractivity contribution in [2.75, 3.05) is 33.9 Å². The Morgan fingerprint density at radius 2 is 1.84 bits per heavy atom. The van der Waals surface area contributed by atoms with E-state index in [1.807, 2.05) is 6.92 Å². The molecule has 0 radical (unpaired) electrons. The van der Waals surface area contributed by atoms with Crippen LogP contribution in [-0.4, -0.2) is 84.6 Å². The second-order valence-corrected chi connectivity index (χ2v) is 9.91. The van der Waals surface area contributed by atoms with E-state index in [0.717, 1.165) is 0 Å². The Morgan fingerprint density at radius 3 is 2.38 bits per heavy atom. The molecule has 0 aliphatic carbocycles. The molecule has 0 aliphatic heterocycles. The average Bonchev–Trinajstić information content (AvgIpc) is 2.80. The van der Waals surface area contributed by atoms with E-state index >= 15 is 0 Å². The van der Waals surface area contributed by atoms with Crippen LogP contribution in [0.5, 0.6) is 0 Å². The third kappa shape index (κ3) is 6.46. The van der Waals surface area contributed by atoms with Crippen LogP contribution in [0, 0.1) is 5.92 Å². The molecule has 0 unspecified atom stereocenters. The van der Waals surface area contributed by atoms with Gasteiger partial charge in [-0.25, -0.2) is 13.4 Å². The number of likely N-dealkylation sites (N-methyl/N-ethyl adjacent to an activating group) is 1. The zero-order chi connectivity index (χ0) is 23.9. The van der Waals surface area contributed by atoms with Gasteiger partial charge in [-0.1, -0.05) is 18.5 Å². The minimum absolute atomic E-state index is 0.0817. The molecule has 0 aliphatic rings. The maximum atomic E-state index is 13.3. The second-order valence-electron chi connectivity index (χ2n) is 7.59. The van der Waals surface area contributed by atoms with Crippen LogP contribution in [0.3, 0.4) is 0 Å². The van der Waals surface area contributed by atoms with Crippen LogP contribution in [0.1, 0.15) is 24.3 Å². The van der Waals surface area contributed by atoms with E-state index in [1.54, 1.807) is 14.0 Å². The van der Waals surface area contributed by atoms with E-state index < -0.39 is 22.2 Å². The van der Waals surface area contributed by atoms with Crippen molar-refractivity contribution in [1.82, 2.24) is 19.2 Å². The molecule has 0 spiro atoms. The molecule has 0 bridgehead atoms. The van der Waals surface area contributed by atoms with Crippen LogP contribution < -0.4 is 0 Å². The molecule has 0 saturated carbocycles. The molecular formula is C21H29ClN4O5S. The lowest BCUT2D eigenvalue weighted by molar-refractivity contribution is 0.0219. The van der Waals surface area contributed by atoms with Crippen LogP contribution in [0.15, 0.2) is 47.8 Å². The summed E-state index contributed by atoms with van der Waals surface area (Å²) < 4.78 is 33.3. The summed E-state index contributed by atoms with van der Waals surface area (Å²) in [4.78, 5) is 22.0. The Balaban J connectivity index is 2.19. The molecule has 1 aromatic carbocycles. The summed E-state index contributed by atoms with van der Waals surface area (Å²) in [6.07, 6.45) is 3.84. The lowest BCUT2D eigenvalue weighted by Crippen LogP contribution is -2.47. The Kier molecular flexibility index (Phi) is 9.53. The number of aliphatic hydroxyl groups is 1. The van der Waals surface area contributed by atoms with Crippen LogP contribution in [0.25, 0.3) is 0 Å². The van der Waals surface area contributed by atoms with Crippen LogP contribution in [-0.2, 0) is 14.8 Å². The fourth-order valence-corrected chi connectivity index (χ4v) is 5.04. The van der Waals surface area contributed by atoms with Gasteiger partial charge in [0, 0.05) is 50.7 Å². The Bertz CT molecular complexity index is 975. The van der Waals surface area contributed by atoms with Gasteiger partial charge in [-0.3, -0.25) is 9.78 Å². The number of aromatic nitrogens is 2. The summed E-state index contributed by atoms with van der Waals surface area (Å²) >= 11 is 5.89. The zero-order valence-electron chi connectivity index (χ0n) is 18.6. The zero-order valence-corrected chi connectivity index (χ0v) is 20.1. The van der Waals surface area contributed by atoms with Crippen molar-refractivity contribution in [2.45, 2.75) is 30.9 Å². The summed E-state index contributed by atoms with van der Waals surface area (Å²) in [5.74, 6) is -0.616. The summed E-state index contributed by atoms with van der Waals surface area (Å²) in [6, 6.07) is 5.21. The van der Waals surface area contributed by atoms with E-state index in [1.165, 1.54) is 59.2 Å². The summed E-state index contributed by atoms with van der Waals surface area (Å²) in [7, 11) is -0.765. The standard InChI is InChI=1S/C21H29ClN4O5S/c1-15(20(31-4)13-25(3)21(28)19-11-23-9-10-24-19)12-26(16(2)14-27)32(29,30)18-7-5-17(22)6-8-18/h5-11,15-16,20,27H,12-14H2,1-4H3/t15-,16+,20-/m0/s1. The minimum Gasteiger partial charge on any atom is -0.395 e. The number of hydrogen-bond donors (Lipinski definition) is 1. The molecule has 11 heteroatoms. The number of amides is 1. The first-order chi connectivity index (χ1) is 15.1. The molecule has 0 saturated heterocycles. The van der Waals surface area contributed by atoms with E-state index in [4.69, 9.17) is 16.3 Å². The van der Waals surface area contributed by atoms with Crippen molar-refractivity contribution in [1.29, 1.82) is 0 Å². The topological polar surface area (TPSA) is 113 Å². The summed E-state index contributed by atoms with van der Waals surface area (Å²) in [5, 5.41) is 10.1. The molecule has 32 heavy (non-hydrogen) atoms. The predicted molar refractivity (Wildman–Crippen MR) is 121 cm³/mol. The fraction of sp³-hybridized carbons (Fsp3) is 0.476. The maximum absolute atomic E-state index is 13.3. The van der Waals surface area contributed by atoms with Crippen molar-refractivity contribution in [3.63, 3.8) is 0 Å². The second kappa shape index (κ2) is 11.7. The van der Waals surface area contributed by atoms with E-state index in [-0.39, 0.29) is 42.1 Å². The molecular weight excluding hydrogens is 456 g/mol. The lowest BCUT2D eigenvalue weighted by Gasteiger charge is -2.33. The highest BCUT2D eigenvalue weighted by molar-refractivity contribution is 7.89. The summed E-state index contributed by atoms with van der Waals surface area (Å²) in [5.41, 5.74) is 0.207. The van der Waals surface area contributed by atoms with Crippen molar-refractivity contribution < 1.29 is 23.1 Å². The first-order valence-electron chi connectivity index (χ1n) is 10.0. The summed E-state index contributed by atoms with van der Waals surface area (Å²) in [6.45, 7) is 3.42. The minimum atomic E-state index is -3.89. The first kappa shape index (κ1) is 26.1. The molecule has 0 fully saturated rings. The lowest BCUT2D eigenvalue weighted by atomic mass is 10.0. The number of aliphatic hydroxyl groups excluding tert-OH is 1. The predicted octanol–water partition coefficient (Wildman–Crippen LogP) is 1.92. The highest BCUT2D eigenvalue weighted by atomic mass is 35.5. The fourth-order valence-electron chi connectivity index (χ4n) is 3.19. The Morgan fingerprint density at radius 1 is 1.19 bits per heavy atom. The molecule has 1 amide bonds. The third-order valence-corrected chi connectivity index (χ3v) is 7.41. The number of sulfonamides is 1. The molecule has 2 aromatic rings. The van der Waals surface area contributed by atoms with Gasteiger partial charge in [-0.2, -0.15) is 4.31 Å². The average molecular weight is 485 g/mol. The van der Waals surface area contributed by atoms with Gasteiger partial charge in [-0.05, 0) is 37.1 Å². The SMILES string of the molecule is CO[C@@H](CN(C)C(=O)c1cnccn1)[C@@H](C)CN([C@H](C)CO)S(=O)(=O)c1ccc(Cl)cc1. The highest BCUT2D eigenvalue weighted by Crippen LogP contribution is 2.23. The quantitative estimate of drug-likeness (QED) is 0.518. The van der Waals surface area contributed by atoms with Crippen molar-refractivity contribution in [3.8, 4) is 0 Å². The van der Waals surface area contributed by atoms with Crippen LogP contribution in [0.4, 0.5) is 0 Å². The normalized spacial score (nSPS) is 14.7. The molecule has 176 valence electrons. The number of rotatable bonds is 11. The van der Waals surface area contributed by atoms with Crippen molar-refractivity contribution in [2.24, 2.45) is 5.92 Å². The van der Waals surface area contributed by atoms with Gasteiger partial charge in [0.25, 0.3) is 5.91 Å². The van der Waals surface area contributed by atoms with E-state index in [0.29, 0.717) is 5.02 Å². The highest BCUT2D eigenvalue weighted by Gasteiger charge is 2.33. The van der Waals surface area contributed by atoms with Gasteiger partial charge in [-0.15, -0.1) is 0 Å². The van der Waals surface area contributed by atoms with Gasteiger partial charge in [0.05, 0.1) is 23.8 Å². The largest absolute Gasteiger partial charge is 0.395 e. The van der Waals surface area contributed by atoms with Crippen LogP contribution in [0.2, 0.25) is 5.02 Å². The van der Waals surface area contributed by atoms with Gasteiger partial charge in [0.2, 0.25) is 10.0 Å². The number of carbonyl (C=O) groups excluding carboxylic acids is 1. The number of nitrogens with zero attached hydrogens (tertiary/aromatic N) is 4. The van der Waals surface area contributed by atoms with Gasteiger partial charge >= 0.3 is 0 Å². The van der Waals surface area contributed by atoms with E-state index in [2.05, 4.69) is 9.97 Å². The number of halogens is 1. The molecule has 1 aromatic heterocycles. The molecule has 9 nitrogen and oxygen atoms in total. The molecule has 1 N–H and O–H groups in total. The maximum Gasteiger partial charge on any atom is 0.273 e. The van der Waals surface area contributed by atoms with E-state index in [9.17, 15) is 18.3 Å². The van der Waals surface area contributed by atoms with Gasteiger partial charge in [0.15, 0.2) is 0 Å². The van der Waals surface area contributed by atoms with Crippen molar-refractivity contribution in [3.05, 3.63) is 53.6 Å². The molecule has 2 rings (SSSR count). The monoisotopic (exact) mass is 484 g/mol. The molecule has 3 atom stereocenters. The third-order valence-electron chi connectivity index (χ3n) is 5.16.